The summed E-state index contributed by atoms with van der Waals surface area (Å²) in [5.74, 6) is -0.130. The first-order valence-corrected chi connectivity index (χ1v) is 5.88. The number of fused-ring (bicyclic) bond motifs is 1. The molecule has 0 unspecified atom stereocenters. The first-order valence-electron chi connectivity index (χ1n) is 5.88. The molecule has 0 N–H and O–H groups in total. The normalized spacial score (nSPS) is 11.6. The van der Waals surface area contributed by atoms with Gasteiger partial charge in [0.15, 0.2) is 0 Å². The van der Waals surface area contributed by atoms with Crippen molar-refractivity contribution in [1.82, 2.24) is 0 Å². The molecule has 0 heterocycles. The number of hydrogen-bond donors (Lipinski definition) is 0. The van der Waals surface area contributed by atoms with Crippen LogP contribution in [0.4, 0.5) is 12.9 Å². The summed E-state index contributed by atoms with van der Waals surface area (Å²) in [7, 11) is 0. The monoisotopic (exact) mass is 265 g/mol. The Hall–Kier alpha value is -1.91. The van der Waals surface area contributed by atoms with Crippen LogP contribution in [0.2, 0.25) is 0 Å². The minimum Gasteiger partial charge on any atom is -0.492 e. The van der Waals surface area contributed by atoms with E-state index in [1.54, 1.807) is 31.2 Å². The average Bonchev–Trinajstić information content (AvgIpc) is 2.34. The molecule has 0 saturated heterocycles. The van der Waals surface area contributed by atoms with Gasteiger partial charge < -0.3 is 17.7 Å². The molecule has 1 nitrogen and oxygen atoms in total. The molecule has 0 spiro atoms. The summed E-state index contributed by atoms with van der Waals surface area (Å²) in [4.78, 5) is 0. The highest BCUT2D eigenvalue weighted by atomic mass is 19.4. The maximum Gasteiger partial charge on any atom is 0.513 e. The predicted octanol–water partition coefficient (Wildman–Crippen LogP) is 3.85. The largest absolute Gasteiger partial charge is 0.513 e. The highest BCUT2D eigenvalue weighted by Crippen LogP contribution is 2.25. The van der Waals surface area contributed by atoms with Crippen LogP contribution in [-0.4, -0.2) is 13.6 Å². The summed E-state index contributed by atoms with van der Waals surface area (Å²) in [5, 5.41) is 0.730. The zero-order valence-corrected chi connectivity index (χ0v) is 10.5. The van der Waals surface area contributed by atoms with Crippen molar-refractivity contribution in [2.45, 2.75) is 6.92 Å². The first kappa shape index (κ1) is 13.5. The van der Waals surface area contributed by atoms with Crippen LogP contribution in [0.15, 0.2) is 48.6 Å². The van der Waals surface area contributed by atoms with Gasteiger partial charge in [-0.25, -0.2) is 0 Å². The van der Waals surface area contributed by atoms with Gasteiger partial charge in [-0.15, -0.1) is 0 Å². The lowest BCUT2D eigenvalue weighted by molar-refractivity contribution is 0.353. The fourth-order valence-corrected chi connectivity index (χ4v) is 1.94. The van der Waals surface area contributed by atoms with Crippen LogP contribution < -0.4 is 10.2 Å². The lowest BCUT2D eigenvalue weighted by Crippen LogP contribution is -2.36. The van der Waals surface area contributed by atoms with Gasteiger partial charge in [-0.3, -0.25) is 0 Å². The van der Waals surface area contributed by atoms with Gasteiger partial charge in [0.2, 0.25) is 0 Å². The molecule has 5 heteroatoms. The Balaban J connectivity index is 2.60. The van der Waals surface area contributed by atoms with E-state index in [0.717, 1.165) is 0 Å². The van der Waals surface area contributed by atoms with Gasteiger partial charge in [0.1, 0.15) is 6.61 Å². The number of hydrogen-bond acceptors (Lipinski definition) is 1. The summed E-state index contributed by atoms with van der Waals surface area (Å²) in [6, 6.07) is 9.43. The Kier molecular flexibility index (Phi) is 3.56. The number of ether oxygens (including phenoxy) is 1. The Labute approximate surface area is 109 Å². The molecule has 0 radical (unpaired) electrons. The van der Waals surface area contributed by atoms with E-state index in [-0.39, 0.29) is 17.7 Å². The fourth-order valence-electron chi connectivity index (χ4n) is 1.94. The van der Waals surface area contributed by atoms with Crippen LogP contribution in [0.25, 0.3) is 10.8 Å². The third kappa shape index (κ3) is 2.92. The quantitative estimate of drug-likeness (QED) is 0.602. The van der Waals surface area contributed by atoms with Gasteiger partial charge >= 0.3 is 6.98 Å². The Morgan fingerprint density at radius 2 is 1.84 bits per heavy atom. The minimum atomic E-state index is -5.14. The molecular weight excluding hydrogens is 252 g/mol. The van der Waals surface area contributed by atoms with Crippen molar-refractivity contribution in [1.29, 1.82) is 0 Å². The van der Waals surface area contributed by atoms with Crippen molar-refractivity contribution in [2.24, 2.45) is 0 Å². The van der Waals surface area contributed by atoms with E-state index >= 15 is 0 Å². The molecular formula is C14H13BF3O-. The van der Waals surface area contributed by atoms with Crippen molar-refractivity contribution in [2.75, 3.05) is 6.61 Å². The second-order valence-electron chi connectivity index (χ2n) is 4.52. The van der Waals surface area contributed by atoms with Gasteiger partial charge in [-0.1, -0.05) is 42.4 Å². The molecule has 0 aliphatic heterocycles. The average molecular weight is 265 g/mol. The fraction of sp³-hybridized carbons (Fsp3) is 0.143. The zero-order chi connectivity index (χ0) is 14.0. The Bertz CT molecular complexity index is 620. The van der Waals surface area contributed by atoms with E-state index in [1.165, 1.54) is 12.1 Å². The topological polar surface area (TPSA) is 9.23 Å². The third-order valence-corrected chi connectivity index (χ3v) is 2.73. The van der Waals surface area contributed by atoms with Crippen molar-refractivity contribution in [3.05, 3.63) is 48.6 Å². The smallest absolute Gasteiger partial charge is 0.492 e. The number of benzene rings is 2. The van der Waals surface area contributed by atoms with Crippen LogP contribution in [0, 0.1) is 0 Å². The second-order valence-corrected chi connectivity index (χ2v) is 4.52. The van der Waals surface area contributed by atoms with Crippen LogP contribution in [0.5, 0.6) is 5.75 Å². The van der Waals surface area contributed by atoms with Gasteiger partial charge in [0.05, 0.1) is 5.75 Å². The molecule has 0 saturated carbocycles. The van der Waals surface area contributed by atoms with E-state index < -0.39 is 12.4 Å². The Morgan fingerprint density at radius 1 is 1.16 bits per heavy atom. The Morgan fingerprint density at radius 3 is 2.47 bits per heavy atom. The maximum absolute atomic E-state index is 13.3. The molecule has 0 bridgehead atoms. The van der Waals surface area contributed by atoms with E-state index in [4.69, 9.17) is 4.74 Å². The minimum absolute atomic E-state index is 0.0809. The summed E-state index contributed by atoms with van der Waals surface area (Å²) in [5.41, 5.74) is 0.00753. The molecule has 100 valence electrons. The third-order valence-electron chi connectivity index (χ3n) is 2.73. The first-order chi connectivity index (χ1) is 8.89. The van der Waals surface area contributed by atoms with Gasteiger partial charge in [0, 0.05) is 0 Å². The molecule has 2 aromatic carbocycles. The molecule has 0 amide bonds. The SMILES string of the molecule is C=C(C)COc1ccc2ccccc2c1[B-](F)(F)F. The maximum atomic E-state index is 13.3. The zero-order valence-electron chi connectivity index (χ0n) is 10.5. The van der Waals surface area contributed by atoms with Crippen LogP contribution in [-0.2, 0) is 0 Å². The number of rotatable bonds is 4. The van der Waals surface area contributed by atoms with Crippen molar-refractivity contribution >= 4 is 23.2 Å². The summed E-state index contributed by atoms with van der Waals surface area (Å²) in [6.45, 7) is 0.277. The van der Waals surface area contributed by atoms with Gasteiger partial charge in [0.25, 0.3) is 0 Å². The highest BCUT2D eigenvalue weighted by molar-refractivity contribution is 6.76. The van der Waals surface area contributed by atoms with Crippen LogP contribution >= 0.6 is 0 Å². The van der Waals surface area contributed by atoms with Crippen molar-refractivity contribution < 1.29 is 17.7 Å². The summed E-state index contributed by atoms with van der Waals surface area (Å²) >= 11 is 0. The lowest BCUT2D eigenvalue weighted by atomic mass is 9.76. The van der Waals surface area contributed by atoms with E-state index in [0.29, 0.717) is 11.0 Å². The molecule has 0 aliphatic rings. The molecule has 2 rings (SSSR count). The summed E-state index contributed by atoms with van der Waals surface area (Å²) < 4.78 is 45.0. The second kappa shape index (κ2) is 5.00. The van der Waals surface area contributed by atoms with Crippen molar-refractivity contribution in [3.63, 3.8) is 0 Å². The highest BCUT2D eigenvalue weighted by Gasteiger charge is 2.31. The van der Waals surface area contributed by atoms with E-state index in [1.807, 2.05) is 0 Å². The molecule has 19 heavy (non-hydrogen) atoms. The predicted molar refractivity (Wildman–Crippen MR) is 73.0 cm³/mol. The summed E-state index contributed by atoms with van der Waals surface area (Å²) in [6.07, 6.45) is 0. The molecule has 0 atom stereocenters. The van der Waals surface area contributed by atoms with Crippen molar-refractivity contribution in [3.8, 4) is 5.75 Å². The van der Waals surface area contributed by atoms with Gasteiger partial charge in [-0.2, -0.15) is 0 Å². The van der Waals surface area contributed by atoms with E-state index in [2.05, 4.69) is 6.58 Å². The molecule has 0 fully saturated rings. The molecule has 0 aromatic heterocycles. The number of halogens is 3. The standard InChI is InChI=1S/C14H13BF3O/c1-10(2)9-19-13-8-7-11-5-3-4-6-12(11)14(13)15(16,17)18/h3-8H,1,9H2,2H3/q-1. The van der Waals surface area contributed by atoms with Crippen LogP contribution in [0.3, 0.4) is 0 Å². The molecule has 2 aromatic rings. The van der Waals surface area contributed by atoms with E-state index in [9.17, 15) is 12.9 Å². The lowest BCUT2D eigenvalue weighted by Gasteiger charge is -2.22. The molecule has 0 aliphatic carbocycles. The van der Waals surface area contributed by atoms with Crippen LogP contribution in [0.1, 0.15) is 6.92 Å². The van der Waals surface area contributed by atoms with Gasteiger partial charge in [-0.05, 0) is 29.3 Å².